The summed E-state index contributed by atoms with van der Waals surface area (Å²) in [4.78, 5) is 0. The van der Waals surface area contributed by atoms with E-state index in [9.17, 15) is 0 Å². The van der Waals surface area contributed by atoms with Crippen molar-refractivity contribution in [1.82, 2.24) is 5.32 Å². The second-order valence-corrected chi connectivity index (χ2v) is 5.69. The molecule has 0 saturated heterocycles. The standard InChI is InChI=1S/C15H21NOS/c1-5-15(2,17-4)14(16-3)12-8-6-7-11-9-10-18-13(11)12/h6-10,14,16H,5H2,1-4H3. The number of benzene rings is 1. The van der Waals surface area contributed by atoms with Crippen LogP contribution in [0.25, 0.3) is 10.1 Å². The number of thiophene rings is 1. The predicted molar refractivity (Wildman–Crippen MR) is 79.3 cm³/mol. The molecule has 2 unspecified atom stereocenters. The molecule has 98 valence electrons. The minimum atomic E-state index is -0.187. The fourth-order valence-corrected chi connectivity index (χ4v) is 3.44. The molecule has 2 aromatic rings. The van der Waals surface area contributed by atoms with Crippen LogP contribution in [-0.2, 0) is 4.74 Å². The topological polar surface area (TPSA) is 21.3 Å². The lowest BCUT2D eigenvalue weighted by atomic mass is 9.87. The first-order chi connectivity index (χ1) is 8.66. The van der Waals surface area contributed by atoms with Crippen LogP contribution in [0.15, 0.2) is 29.6 Å². The summed E-state index contributed by atoms with van der Waals surface area (Å²) in [5.74, 6) is 0. The predicted octanol–water partition coefficient (Wildman–Crippen LogP) is 3.98. The van der Waals surface area contributed by atoms with Crippen molar-refractivity contribution in [3.63, 3.8) is 0 Å². The minimum absolute atomic E-state index is 0.187. The molecular weight excluding hydrogens is 242 g/mol. The Morgan fingerprint density at radius 1 is 1.39 bits per heavy atom. The molecule has 0 bridgehead atoms. The summed E-state index contributed by atoms with van der Waals surface area (Å²) in [7, 11) is 3.80. The van der Waals surface area contributed by atoms with Gasteiger partial charge in [-0.3, -0.25) is 0 Å². The van der Waals surface area contributed by atoms with E-state index in [0.29, 0.717) is 0 Å². The molecule has 0 aliphatic carbocycles. The number of nitrogens with one attached hydrogen (secondary N) is 1. The van der Waals surface area contributed by atoms with Crippen molar-refractivity contribution in [1.29, 1.82) is 0 Å². The Kier molecular flexibility index (Phi) is 4.05. The summed E-state index contributed by atoms with van der Waals surface area (Å²) in [5, 5.41) is 6.89. The summed E-state index contributed by atoms with van der Waals surface area (Å²) in [6.07, 6.45) is 0.969. The van der Waals surface area contributed by atoms with E-state index in [-0.39, 0.29) is 11.6 Å². The number of hydrogen-bond acceptors (Lipinski definition) is 3. The number of hydrogen-bond donors (Lipinski definition) is 1. The first-order valence-electron chi connectivity index (χ1n) is 6.34. The molecule has 0 spiro atoms. The summed E-state index contributed by atoms with van der Waals surface area (Å²) >= 11 is 1.80. The average Bonchev–Trinajstić information content (AvgIpc) is 2.88. The summed E-state index contributed by atoms with van der Waals surface area (Å²) < 4.78 is 7.12. The highest BCUT2D eigenvalue weighted by Crippen LogP contribution is 2.37. The van der Waals surface area contributed by atoms with E-state index in [1.807, 2.05) is 7.05 Å². The Morgan fingerprint density at radius 2 is 2.17 bits per heavy atom. The zero-order chi connectivity index (χ0) is 13.2. The number of likely N-dealkylation sites (N-methyl/N-ethyl adjacent to an activating group) is 1. The normalized spacial score (nSPS) is 16.7. The third-order valence-corrected chi connectivity index (χ3v) is 4.87. The Bertz CT molecular complexity index is 516. The first kappa shape index (κ1) is 13.5. The Hall–Kier alpha value is -0.900. The summed E-state index contributed by atoms with van der Waals surface area (Å²) in [6, 6.07) is 8.87. The SMILES string of the molecule is CCC(C)(OC)C(NC)c1cccc2ccsc12. The lowest BCUT2D eigenvalue weighted by Gasteiger charge is -2.36. The summed E-state index contributed by atoms with van der Waals surface area (Å²) in [6.45, 7) is 4.34. The number of methoxy groups -OCH3 is 1. The molecule has 3 heteroatoms. The quantitative estimate of drug-likeness (QED) is 0.881. The maximum atomic E-state index is 5.76. The monoisotopic (exact) mass is 263 g/mol. The van der Waals surface area contributed by atoms with Gasteiger partial charge < -0.3 is 10.1 Å². The molecule has 0 aliphatic rings. The molecule has 1 N–H and O–H groups in total. The third kappa shape index (κ3) is 2.18. The fraction of sp³-hybridized carbons (Fsp3) is 0.467. The zero-order valence-corrected chi connectivity index (χ0v) is 12.3. The molecular formula is C15H21NOS. The van der Waals surface area contributed by atoms with Gasteiger partial charge in [0.05, 0.1) is 11.6 Å². The van der Waals surface area contributed by atoms with Gasteiger partial charge in [0.25, 0.3) is 0 Å². The van der Waals surface area contributed by atoms with Crippen LogP contribution in [0.2, 0.25) is 0 Å². The van der Waals surface area contributed by atoms with Gasteiger partial charge in [-0.1, -0.05) is 25.1 Å². The Balaban J connectivity index is 2.53. The highest BCUT2D eigenvalue weighted by molar-refractivity contribution is 7.17. The van der Waals surface area contributed by atoms with Gasteiger partial charge in [0.15, 0.2) is 0 Å². The Labute approximate surface area is 113 Å². The molecule has 18 heavy (non-hydrogen) atoms. The summed E-state index contributed by atoms with van der Waals surface area (Å²) in [5.41, 5.74) is 1.14. The van der Waals surface area contributed by atoms with E-state index in [1.165, 1.54) is 15.6 Å². The van der Waals surface area contributed by atoms with Gasteiger partial charge in [0.1, 0.15) is 0 Å². The van der Waals surface area contributed by atoms with Gasteiger partial charge in [-0.15, -0.1) is 11.3 Å². The van der Waals surface area contributed by atoms with E-state index in [2.05, 4.69) is 48.8 Å². The van der Waals surface area contributed by atoms with Crippen molar-refractivity contribution in [2.45, 2.75) is 31.9 Å². The number of ether oxygens (including phenoxy) is 1. The molecule has 0 fully saturated rings. The molecule has 0 radical (unpaired) electrons. The van der Waals surface area contributed by atoms with Crippen LogP contribution in [-0.4, -0.2) is 19.8 Å². The van der Waals surface area contributed by atoms with Crippen molar-refractivity contribution in [3.05, 3.63) is 35.2 Å². The van der Waals surface area contributed by atoms with Crippen molar-refractivity contribution >= 4 is 21.4 Å². The number of fused-ring (bicyclic) bond motifs is 1. The van der Waals surface area contributed by atoms with Crippen molar-refractivity contribution in [2.24, 2.45) is 0 Å². The lowest BCUT2D eigenvalue weighted by Crippen LogP contribution is -2.41. The third-order valence-electron chi connectivity index (χ3n) is 3.89. The van der Waals surface area contributed by atoms with E-state index >= 15 is 0 Å². The first-order valence-corrected chi connectivity index (χ1v) is 7.22. The highest BCUT2D eigenvalue weighted by Gasteiger charge is 2.33. The molecule has 2 atom stereocenters. The second-order valence-electron chi connectivity index (χ2n) is 4.78. The van der Waals surface area contributed by atoms with E-state index < -0.39 is 0 Å². The van der Waals surface area contributed by atoms with Crippen LogP contribution in [0.3, 0.4) is 0 Å². The maximum Gasteiger partial charge on any atom is 0.0842 e. The number of rotatable bonds is 5. The molecule has 1 aromatic heterocycles. The van der Waals surface area contributed by atoms with Crippen molar-refractivity contribution < 1.29 is 4.74 Å². The van der Waals surface area contributed by atoms with Crippen LogP contribution >= 0.6 is 11.3 Å². The van der Waals surface area contributed by atoms with E-state index in [4.69, 9.17) is 4.74 Å². The molecule has 0 saturated carbocycles. The molecule has 2 rings (SSSR count). The van der Waals surface area contributed by atoms with Gasteiger partial charge in [0, 0.05) is 11.8 Å². The van der Waals surface area contributed by atoms with Gasteiger partial charge in [-0.2, -0.15) is 0 Å². The highest BCUT2D eigenvalue weighted by atomic mass is 32.1. The smallest absolute Gasteiger partial charge is 0.0842 e. The van der Waals surface area contributed by atoms with Gasteiger partial charge in [0.2, 0.25) is 0 Å². The largest absolute Gasteiger partial charge is 0.377 e. The maximum absolute atomic E-state index is 5.76. The molecule has 0 amide bonds. The van der Waals surface area contributed by atoms with Gasteiger partial charge in [-0.05, 0) is 42.8 Å². The van der Waals surface area contributed by atoms with Crippen molar-refractivity contribution in [2.75, 3.05) is 14.2 Å². The zero-order valence-electron chi connectivity index (χ0n) is 11.5. The van der Waals surface area contributed by atoms with Gasteiger partial charge in [-0.25, -0.2) is 0 Å². The van der Waals surface area contributed by atoms with Crippen LogP contribution < -0.4 is 5.32 Å². The lowest BCUT2D eigenvalue weighted by molar-refractivity contribution is -0.0276. The molecule has 0 aliphatic heterocycles. The van der Waals surface area contributed by atoms with E-state index in [0.717, 1.165) is 6.42 Å². The minimum Gasteiger partial charge on any atom is -0.377 e. The Morgan fingerprint density at radius 3 is 2.78 bits per heavy atom. The molecule has 1 heterocycles. The molecule has 2 nitrogen and oxygen atoms in total. The van der Waals surface area contributed by atoms with Crippen LogP contribution in [0.5, 0.6) is 0 Å². The average molecular weight is 263 g/mol. The van der Waals surface area contributed by atoms with Crippen LogP contribution in [0.4, 0.5) is 0 Å². The fourth-order valence-electron chi connectivity index (χ4n) is 2.50. The van der Waals surface area contributed by atoms with E-state index in [1.54, 1.807) is 18.4 Å². The van der Waals surface area contributed by atoms with Crippen LogP contribution in [0.1, 0.15) is 31.9 Å². The molecule has 1 aromatic carbocycles. The van der Waals surface area contributed by atoms with Gasteiger partial charge >= 0.3 is 0 Å². The van der Waals surface area contributed by atoms with Crippen LogP contribution in [0, 0.1) is 0 Å². The van der Waals surface area contributed by atoms with Crippen molar-refractivity contribution in [3.8, 4) is 0 Å². The second kappa shape index (κ2) is 5.39.